The lowest BCUT2D eigenvalue weighted by atomic mass is 9.63. The molecule has 0 radical (unpaired) electrons. The van der Waals surface area contributed by atoms with Gasteiger partial charge in [0, 0.05) is 12.7 Å². The second kappa shape index (κ2) is 8.04. The Morgan fingerprint density at radius 3 is 2.30 bits per heavy atom. The fourth-order valence-electron chi connectivity index (χ4n) is 3.89. The fourth-order valence-corrected chi connectivity index (χ4v) is 3.89. The van der Waals surface area contributed by atoms with Gasteiger partial charge in [0.1, 0.15) is 5.75 Å². The summed E-state index contributed by atoms with van der Waals surface area (Å²) in [5, 5.41) is 0. The first-order valence-corrected chi connectivity index (χ1v) is 9.79. The van der Waals surface area contributed by atoms with Gasteiger partial charge in [-0.25, -0.2) is 0 Å². The first-order valence-electron chi connectivity index (χ1n) is 9.79. The average molecular weight is 369 g/mol. The lowest BCUT2D eigenvalue weighted by Gasteiger charge is -2.42. The van der Waals surface area contributed by atoms with Crippen LogP contribution >= 0.6 is 0 Å². The van der Waals surface area contributed by atoms with Gasteiger partial charge in [0.05, 0.1) is 13.2 Å². The van der Waals surface area contributed by atoms with Gasteiger partial charge in [-0.1, -0.05) is 64.1 Å². The van der Waals surface area contributed by atoms with Gasteiger partial charge < -0.3 is 14.2 Å². The molecule has 0 aliphatic heterocycles. The van der Waals surface area contributed by atoms with Crippen LogP contribution in [0.3, 0.4) is 0 Å². The average Bonchev–Trinajstić information content (AvgIpc) is 2.65. The second-order valence-corrected chi connectivity index (χ2v) is 8.69. The van der Waals surface area contributed by atoms with Gasteiger partial charge in [0.15, 0.2) is 6.79 Å². The van der Waals surface area contributed by atoms with Crippen molar-refractivity contribution in [1.82, 2.24) is 0 Å². The highest BCUT2D eigenvalue weighted by Gasteiger charge is 2.37. The summed E-state index contributed by atoms with van der Waals surface area (Å²) in [7, 11) is 1.67. The first kappa shape index (κ1) is 19.9. The van der Waals surface area contributed by atoms with E-state index >= 15 is 0 Å². The fraction of sp³-hybridized carbons (Fsp3) is 0.500. The van der Waals surface area contributed by atoms with E-state index in [1.54, 1.807) is 7.11 Å². The summed E-state index contributed by atoms with van der Waals surface area (Å²) in [4.78, 5) is 0. The van der Waals surface area contributed by atoms with Gasteiger partial charge in [-0.05, 0) is 46.4 Å². The number of methoxy groups -OCH3 is 1. The van der Waals surface area contributed by atoms with E-state index in [0.29, 0.717) is 13.2 Å². The van der Waals surface area contributed by atoms with E-state index < -0.39 is 0 Å². The van der Waals surface area contributed by atoms with Crippen molar-refractivity contribution in [2.75, 3.05) is 27.1 Å². The molecular formula is C24H32O3. The van der Waals surface area contributed by atoms with Crippen molar-refractivity contribution in [3.63, 3.8) is 0 Å². The number of hydrogen-bond donors (Lipinski definition) is 0. The van der Waals surface area contributed by atoms with Gasteiger partial charge >= 0.3 is 0 Å². The van der Waals surface area contributed by atoms with Crippen molar-refractivity contribution in [3.8, 4) is 16.9 Å². The molecule has 27 heavy (non-hydrogen) atoms. The second-order valence-electron chi connectivity index (χ2n) is 8.69. The third kappa shape index (κ3) is 4.36. The molecule has 3 heteroatoms. The number of hydrogen-bond acceptors (Lipinski definition) is 3. The summed E-state index contributed by atoms with van der Waals surface area (Å²) in [5.74, 6) is 0.850. The summed E-state index contributed by atoms with van der Waals surface area (Å²) in [5.41, 5.74) is 5.67. The first-order chi connectivity index (χ1) is 12.8. The molecule has 0 N–H and O–H groups in total. The Morgan fingerprint density at radius 1 is 0.852 bits per heavy atom. The number of fused-ring (bicyclic) bond motifs is 1. The molecule has 0 saturated carbocycles. The number of benzene rings is 2. The third-order valence-electron chi connectivity index (χ3n) is 5.78. The Balaban J connectivity index is 1.90. The van der Waals surface area contributed by atoms with E-state index in [1.807, 2.05) is 12.1 Å². The Bertz CT molecular complexity index is 777. The molecule has 0 heterocycles. The Hall–Kier alpha value is -1.84. The summed E-state index contributed by atoms with van der Waals surface area (Å²) in [6.45, 7) is 10.8. The molecule has 0 spiro atoms. The van der Waals surface area contributed by atoms with Gasteiger partial charge in [-0.15, -0.1) is 0 Å². The van der Waals surface area contributed by atoms with E-state index in [1.165, 1.54) is 29.5 Å². The van der Waals surface area contributed by atoms with Gasteiger partial charge in [0.25, 0.3) is 0 Å². The van der Waals surface area contributed by atoms with Crippen LogP contribution in [0.2, 0.25) is 0 Å². The minimum absolute atomic E-state index is 0.194. The van der Waals surface area contributed by atoms with Crippen molar-refractivity contribution >= 4 is 0 Å². The maximum Gasteiger partial charge on any atom is 0.189 e. The highest BCUT2D eigenvalue weighted by molar-refractivity contribution is 5.72. The molecule has 2 aromatic rings. The summed E-state index contributed by atoms with van der Waals surface area (Å²) >= 11 is 0. The molecule has 0 saturated heterocycles. The van der Waals surface area contributed by atoms with E-state index in [4.69, 9.17) is 14.2 Å². The zero-order valence-corrected chi connectivity index (χ0v) is 17.3. The number of para-hydroxylation sites is 1. The Morgan fingerprint density at radius 2 is 1.56 bits per heavy atom. The Kier molecular flexibility index (Phi) is 5.92. The summed E-state index contributed by atoms with van der Waals surface area (Å²) < 4.78 is 16.4. The molecule has 146 valence electrons. The normalized spacial score (nSPS) is 17.4. The highest BCUT2D eigenvalue weighted by Crippen LogP contribution is 2.47. The van der Waals surface area contributed by atoms with Crippen LogP contribution in [-0.4, -0.2) is 27.1 Å². The van der Waals surface area contributed by atoms with Gasteiger partial charge in [-0.2, -0.15) is 0 Å². The minimum Gasteiger partial charge on any atom is -0.467 e. The molecule has 0 unspecified atom stereocenters. The van der Waals surface area contributed by atoms with Crippen molar-refractivity contribution in [2.45, 2.75) is 51.4 Å². The molecule has 3 rings (SSSR count). The van der Waals surface area contributed by atoms with E-state index in [2.05, 4.69) is 58.0 Å². The SMILES string of the molecule is COCCOCOc1ccccc1-c1ccc2c(c1)C(C)(C)CCC2(C)C. The molecular weight excluding hydrogens is 336 g/mol. The zero-order chi connectivity index (χ0) is 19.5. The molecule has 0 bridgehead atoms. The van der Waals surface area contributed by atoms with E-state index in [9.17, 15) is 0 Å². The predicted molar refractivity (Wildman–Crippen MR) is 110 cm³/mol. The highest BCUT2D eigenvalue weighted by atomic mass is 16.7. The predicted octanol–water partition coefficient (Wildman–Crippen LogP) is 5.70. The molecule has 0 amide bonds. The zero-order valence-electron chi connectivity index (χ0n) is 17.3. The van der Waals surface area contributed by atoms with Crippen LogP contribution in [0.15, 0.2) is 42.5 Å². The van der Waals surface area contributed by atoms with Crippen LogP contribution < -0.4 is 4.74 Å². The smallest absolute Gasteiger partial charge is 0.189 e. The standard InChI is InChI=1S/C24H32O3/c1-23(2)12-13-24(3,4)21-16-18(10-11-20(21)23)19-8-6-7-9-22(19)27-17-26-15-14-25-5/h6-11,16H,12-15,17H2,1-5H3. The van der Waals surface area contributed by atoms with Crippen molar-refractivity contribution in [2.24, 2.45) is 0 Å². The van der Waals surface area contributed by atoms with Crippen LogP contribution in [-0.2, 0) is 20.3 Å². The van der Waals surface area contributed by atoms with Crippen LogP contribution in [0.1, 0.15) is 51.7 Å². The number of ether oxygens (including phenoxy) is 3. The molecule has 3 nitrogen and oxygen atoms in total. The summed E-state index contributed by atoms with van der Waals surface area (Å²) in [6.07, 6.45) is 2.44. The topological polar surface area (TPSA) is 27.7 Å². The van der Waals surface area contributed by atoms with E-state index in [0.717, 1.165) is 11.3 Å². The monoisotopic (exact) mass is 368 g/mol. The van der Waals surface area contributed by atoms with Crippen LogP contribution in [0.5, 0.6) is 5.75 Å². The maximum atomic E-state index is 5.90. The quantitative estimate of drug-likeness (QED) is 0.463. The molecule has 0 atom stereocenters. The van der Waals surface area contributed by atoms with Gasteiger partial charge in [-0.3, -0.25) is 0 Å². The maximum absolute atomic E-state index is 5.90. The van der Waals surface area contributed by atoms with E-state index in [-0.39, 0.29) is 17.6 Å². The molecule has 1 aliphatic rings. The van der Waals surface area contributed by atoms with Crippen LogP contribution in [0, 0.1) is 0 Å². The third-order valence-corrected chi connectivity index (χ3v) is 5.78. The largest absolute Gasteiger partial charge is 0.467 e. The lowest BCUT2D eigenvalue weighted by molar-refractivity contribution is -0.00821. The Labute approximate surface area is 163 Å². The molecule has 1 aliphatic carbocycles. The van der Waals surface area contributed by atoms with Gasteiger partial charge in [0.2, 0.25) is 0 Å². The van der Waals surface area contributed by atoms with Crippen LogP contribution in [0.4, 0.5) is 0 Å². The van der Waals surface area contributed by atoms with Crippen LogP contribution in [0.25, 0.3) is 11.1 Å². The molecule has 2 aromatic carbocycles. The minimum atomic E-state index is 0.194. The molecule has 0 fully saturated rings. The van der Waals surface area contributed by atoms with Crippen molar-refractivity contribution in [3.05, 3.63) is 53.6 Å². The van der Waals surface area contributed by atoms with Crippen molar-refractivity contribution in [1.29, 1.82) is 0 Å². The summed E-state index contributed by atoms with van der Waals surface area (Å²) in [6, 6.07) is 15.1. The molecule has 0 aromatic heterocycles. The number of rotatable bonds is 7. The van der Waals surface area contributed by atoms with Crippen molar-refractivity contribution < 1.29 is 14.2 Å². The lowest BCUT2D eigenvalue weighted by Crippen LogP contribution is -2.33.